The van der Waals surface area contributed by atoms with Crippen molar-refractivity contribution < 1.29 is 14.3 Å². The van der Waals surface area contributed by atoms with Crippen molar-refractivity contribution in [3.63, 3.8) is 0 Å². The van der Waals surface area contributed by atoms with E-state index in [1.807, 2.05) is 43.0 Å². The summed E-state index contributed by atoms with van der Waals surface area (Å²) in [6.07, 6.45) is 5.17. The molecule has 1 heterocycles. The number of esters is 1. The fourth-order valence-electron chi connectivity index (χ4n) is 4.05. The summed E-state index contributed by atoms with van der Waals surface area (Å²) in [4.78, 5) is 26.9. The predicted molar refractivity (Wildman–Crippen MR) is 97.1 cm³/mol. The van der Waals surface area contributed by atoms with Crippen LogP contribution >= 0.6 is 0 Å². The number of hydrogen-bond donors (Lipinski definition) is 1. The molecule has 1 fully saturated rings. The number of nitrogens with two attached hydrogens (primary N) is 1. The van der Waals surface area contributed by atoms with Crippen LogP contribution in [0.25, 0.3) is 0 Å². The van der Waals surface area contributed by atoms with Crippen LogP contribution in [0.4, 0.5) is 5.69 Å². The lowest BCUT2D eigenvalue weighted by Gasteiger charge is -2.40. The standard InChI is InChI=1S/C20H28N2O3/c1-3-18(23)22-14(2)13-17(15-9-5-6-10-16(15)22)25-19(24)20(21)11-7-4-8-12-20/h5-6,9-10,14,17H,3-4,7-8,11-13,21H2,1-2H3. The maximum atomic E-state index is 12.7. The fraction of sp³-hybridized carbons (Fsp3) is 0.600. The first kappa shape index (κ1) is 17.9. The van der Waals surface area contributed by atoms with Crippen LogP contribution in [-0.2, 0) is 14.3 Å². The molecule has 0 bridgehead atoms. The molecule has 2 N–H and O–H groups in total. The van der Waals surface area contributed by atoms with Crippen molar-refractivity contribution in [2.45, 2.75) is 76.5 Å². The number of amides is 1. The molecule has 5 heteroatoms. The van der Waals surface area contributed by atoms with Gasteiger partial charge in [0.1, 0.15) is 11.6 Å². The molecule has 2 atom stereocenters. The van der Waals surface area contributed by atoms with Crippen molar-refractivity contribution in [1.29, 1.82) is 0 Å². The molecule has 25 heavy (non-hydrogen) atoms. The zero-order valence-electron chi connectivity index (χ0n) is 15.2. The Balaban J connectivity index is 1.85. The lowest BCUT2D eigenvalue weighted by Crippen LogP contribution is -2.51. The molecule has 0 spiro atoms. The number of benzene rings is 1. The van der Waals surface area contributed by atoms with E-state index in [2.05, 4.69) is 0 Å². The highest BCUT2D eigenvalue weighted by atomic mass is 16.5. The Labute approximate surface area is 149 Å². The van der Waals surface area contributed by atoms with E-state index in [1.54, 1.807) is 0 Å². The largest absolute Gasteiger partial charge is 0.456 e. The van der Waals surface area contributed by atoms with Gasteiger partial charge in [0, 0.05) is 24.4 Å². The van der Waals surface area contributed by atoms with Crippen LogP contribution in [0, 0.1) is 0 Å². The smallest absolute Gasteiger partial charge is 0.326 e. The molecule has 1 aliphatic heterocycles. The van der Waals surface area contributed by atoms with Gasteiger partial charge in [0.2, 0.25) is 5.91 Å². The van der Waals surface area contributed by atoms with Gasteiger partial charge in [-0.2, -0.15) is 0 Å². The summed E-state index contributed by atoms with van der Waals surface area (Å²) in [5.41, 5.74) is 7.22. The Morgan fingerprint density at radius 2 is 1.92 bits per heavy atom. The zero-order chi connectivity index (χ0) is 18.0. The highest BCUT2D eigenvalue weighted by Gasteiger charge is 2.41. The van der Waals surface area contributed by atoms with Crippen molar-refractivity contribution in [2.75, 3.05) is 4.90 Å². The Bertz CT molecular complexity index is 652. The van der Waals surface area contributed by atoms with Gasteiger partial charge in [-0.25, -0.2) is 0 Å². The topological polar surface area (TPSA) is 72.6 Å². The highest BCUT2D eigenvalue weighted by molar-refractivity contribution is 5.95. The first-order valence-electron chi connectivity index (χ1n) is 9.37. The summed E-state index contributed by atoms with van der Waals surface area (Å²) < 4.78 is 5.89. The van der Waals surface area contributed by atoms with Gasteiger partial charge in [0.15, 0.2) is 0 Å². The summed E-state index contributed by atoms with van der Waals surface area (Å²) in [6.45, 7) is 3.87. The van der Waals surface area contributed by atoms with Crippen molar-refractivity contribution in [3.8, 4) is 0 Å². The van der Waals surface area contributed by atoms with Crippen molar-refractivity contribution in [2.24, 2.45) is 5.73 Å². The predicted octanol–water partition coefficient (Wildman–Crippen LogP) is 3.47. The second-order valence-electron chi connectivity index (χ2n) is 7.37. The lowest BCUT2D eigenvalue weighted by molar-refractivity contribution is -0.158. The molecule has 0 aromatic heterocycles. The third-order valence-corrected chi connectivity index (χ3v) is 5.51. The van der Waals surface area contributed by atoms with Gasteiger partial charge in [-0.15, -0.1) is 0 Å². The van der Waals surface area contributed by atoms with Crippen LogP contribution in [-0.4, -0.2) is 23.5 Å². The van der Waals surface area contributed by atoms with Crippen LogP contribution in [0.5, 0.6) is 0 Å². The Hall–Kier alpha value is -1.88. The van der Waals surface area contributed by atoms with Crippen molar-refractivity contribution in [1.82, 2.24) is 0 Å². The zero-order valence-corrected chi connectivity index (χ0v) is 15.2. The first-order valence-corrected chi connectivity index (χ1v) is 9.37. The Morgan fingerprint density at radius 1 is 1.24 bits per heavy atom. The molecule has 2 unspecified atom stereocenters. The number of anilines is 1. The SMILES string of the molecule is CCC(=O)N1c2ccccc2C(OC(=O)C2(N)CCCCC2)CC1C. The number of carbonyl (C=O) groups excluding carboxylic acids is 2. The second-order valence-corrected chi connectivity index (χ2v) is 7.37. The van der Waals surface area contributed by atoms with Crippen LogP contribution in [0.1, 0.15) is 70.5 Å². The van der Waals surface area contributed by atoms with E-state index in [4.69, 9.17) is 10.5 Å². The minimum absolute atomic E-state index is 0.0137. The molecule has 1 aromatic rings. The van der Waals surface area contributed by atoms with Crippen LogP contribution in [0.3, 0.4) is 0 Å². The van der Waals surface area contributed by atoms with Crippen LogP contribution in [0.2, 0.25) is 0 Å². The number of ether oxygens (including phenoxy) is 1. The molecule has 1 saturated carbocycles. The van der Waals surface area contributed by atoms with Gasteiger partial charge in [0.25, 0.3) is 0 Å². The van der Waals surface area contributed by atoms with E-state index >= 15 is 0 Å². The number of carbonyl (C=O) groups is 2. The Morgan fingerprint density at radius 3 is 2.60 bits per heavy atom. The molecule has 1 aromatic carbocycles. The number of hydrogen-bond acceptors (Lipinski definition) is 4. The molecular formula is C20H28N2O3. The van der Waals surface area contributed by atoms with Gasteiger partial charge in [-0.1, -0.05) is 44.4 Å². The number of fused-ring (bicyclic) bond motifs is 1. The maximum absolute atomic E-state index is 12.7. The van der Waals surface area contributed by atoms with E-state index in [1.165, 1.54) is 0 Å². The molecule has 0 radical (unpaired) electrons. The minimum Gasteiger partial charge on any atom is -0.456 e. The highest BCUT2D eigenvalue weighted by Crippen LogP contribution is 2.40. The van der Waals surface area contributed by atoms with Gasteiger partial charge < -0.3 is 15.4 Å². The third-order valence-electron chi connectivity index (χ3n) is 5.51. The van der Waals surface area contributed by atoms with Gasteiger partial charge >= 0.3 is 5.97 Å². The van der Waals surface area contributed by atoms with Crippen LogP contribution in [0.15, 0.2) is 24.3 Å². The van der Waals surface area contributed by atoms with Crippen LogP contribution < -0.4 is 10.6 Å². The molecule has 3 rings (SSSR count). The maximum Gasteiger partial charge on any atom is 0.326 e. The van der Waals surface area contributed by atoms with E-state index < -0.39 is 5.54 Å². The number of para-hydroxylation sites is 1. The molecular weight excluding hydrogens is 316 g/mol. The average Bonchev–Trinajstić information content (AvgIpc) is 2.62. The average molecular weight is 344 g/mol. The molecule has 5 nitrogen and oxygen atoms in total. The second kappa shape index (κ2) is 7.16. The number of nitrogens with zero attached hydrogens (tertiary/aromatic N) is 1. The molecule has 1 amide bonds. The van der Waals surface area contributed by atoms with Crippen molar-refractivity contribution in [3.05, 3.63) is 29.8 Å². The van der Waals surface area contributed by atoms with E-state index in [9.17, 15) is 9.59 Å². The summed E-state index contributed by atoms with van der Waals surface area (Å²) in [6, 6.07) is 7.69. The summed E-state index contributed by atoms with van der Waals surface area (Å²) in [7, 11) is 0. The van der Waals surface area contributed by atoms with E-state index in [0.717, 1.165) is 30.5 Å². The van der Waals surface area contributed by atoms with Crippen molar-refractivity contribution >= 4 is 17.6 Å². The molecule has 0 saturated heterocycles. The summed E-state index contributed by atoms with van der Waals surface area (Å²) >= 11 is 0. The minimum atomic E-state index is -0.854. The first-order chi connectivity index (χ1) is 12.0. The lowest BCUT2D eigenvalue weighted by atomic mass is 9.82. The quantitative estimate of drug-likeness (QED) is 0.852. The van der Waals surface area contributed by atoms with Gasteiger partial charge in [-0.05, 0) is 25.8 Å². The van der Waals surface area contributed by atoms with E-state index in [-0.39, 0.29) is 24.0 Å². The monoisotopic (exact) mass is 344 g/mol. The van der Waals surface area contributed by atoms with E-state index in [0.29, 0.717) is 25.7 Å². The number of rotatable bonds is 3. The summed E-state index contributed by atoms with van der Waals surface area (Å²) in [5, 5.41) is 0. The molecule has 136 valence electrons. The fourth-order valence-corrected chi connectivity index (χ4v) is 4.05. The summed E-state index contributed by atoms with van der Waals surface area (Å²) in [5.74, 6) is -0.207. The normalized spacial score (nSPS) is 25.2. The molecule has 1 aliphatic carbocycles. The Kier molecular flexibility index (Phi) is 5.13. The van der Waals surface area contributed by atoms with Gasteiger partial charge in [-0.3, -0.25) is 9.59 Å². The molecule has 2 aliphatic rings. The van der Waals surface area contributed by atoms with Gasteiger partial charge in [0.05, 0.1) is 5.69 Å². The third kappa shape index (κ3) is 3.43.